The zero-order valence-electron chi connectivity index (χ0n) is 9.56. The van der Waals surface area contributed by atoms with Crippen molar-refractivity contribution in [2.75, 3.05) is 0 Å². The van der Waals surface area contributed by atoms with Crippen LogP contribution in [0.5, 0.6) is 0 Å². The second-order valence-corrected chi connectivity index (χ2v) is 4.23. The van der Waals surface area contributed by atoms with Crippen LogP contribution in [0.25, 0.3) is 10.8 Å². The second-order valence-electron chi connectivity index (χ2n) is 4.23. The molecule has 0 heterocycles. The molecule has 0 aromatic heterocycles. The van der Waals surface area contributed by atoms with Crippen LogP contribution in [-0.4, -0.2) is 0 Å². The summed E-state index contributed by atoms with van der Waals surface area (Å²) >= 11 is 0. The number of allylic oxidation sites excluding steroid dienone is 6. The topological polar surface area (TPSA) is 0 Å². The molecule has 0 saturated carbocycles. The number of benzene rings is 2. The van der Waals surface area contributed by atoms with Gasteiger partial charge in [0.05, 0.1) is 11.6 Å². The SMILES string of the molecule is [C+]1=CC(Cc2cccc3ccccc23)=CC=C1. The maximum Gasteiger partial charge on any atom is 0.106 e. The van der Waals surface area contributed by atoms with Crippen LogP contribution < -0.4 is 0 Å². The van der Waals surface area contributed by atoms with Gasteiger partial charge >= 0.3 is 0 Å². The van der Waals surface area contributed by atoms with Gasteiger partial charge in [0, 0.05) is 18.6 Å². The molecule has 0 unspecified atom stereocenters. The predicted octanol–water partition coefficient (Wildman–Crippen LogP) is 4.24. The average Bonchev–Trinajstić information content (AvgIpc) is 2.40. The summed E-state index contributed by atoms with van der Waals surface area (Å²) in [6, 6.07) is 15.0. The van der Waals surface area contributed by atoms with Crippen LogP contribution in [0, 0.1) is 6.08 Å². The molecule has 0 heteroatoms. The fourth-order valence-corrected chi connectivity index (χ4v) is 2.21. The Bertz CT molecular complexity index is 622. The van der Waals surface area contributed by atoms with Crippen molar-refractivity contribution in [3.8, 4) is 0 Å². The van der Waals surface area contributed by atoms with E-state index in [2.05, 4.69) is 60.7 Å². The van der Waals surface area contributed by atoms with E-state index >= 15 is 0 Å². The molecule has 0 aliphatic heterocycles. The van der Waals surface area contributed by atoms with Crippen LogP contribution in [-0.2, 0) is 6.42 Å². The van der Waals surface area contributed by atoms with Gasteiger partial charge in [-0.05, 0) is 16.3 Å². The molecular weight excluding hydrogens is 204 g/mol. The molecule has 0 radical (unpaired) electrons. The Morgan fingerprint density at radius 2 is 1.82 bits per heavy atom. The highest BCUT2D eigenvalue weighted by atomic mass is 14.1. The lowest BCUT2D eigenvalue weighted by molar-refractivity contribution is 1.21. The molecule has 1 aliphatic rings. The highest BCUT2D eigenvalue weighted by Gasteiger charge is 2.07. The first-order valence-electron chi connectivity index (χ1n) is 5.85. The average molecular weight is 217 g/mol. The quantitative estimate of drug-likeness (QED) is 0.660. The fraction of sp³-hybridized carbons (Fsp3) is 0.0588. The van der Waals surface area contributed by atoms with E-state index in [1.807, 2.05) is 12.2 Å². The van der Waals surface area contributed by atoms with E-state index in [-0.39, 0.29) is 0 Å². The highest BCUT2D eigenvalue weighted by Crippen LogP contribution is 2.22. The normalized spacial score (nSPS) is 13.5. The first kappa shape index (κ1) is 10.0. The number of hydrogen-bond donors (Lipinski definition) is 0. The van der Waals surface area contributed by atoms with Gasteiger partial charge in [0.15, 0.2) is 0 Å². The lowest BCUT2D eigenvalue weighted by Gasteiger charge is -2.04. The fourth-order valence-electron chi connectivity index (χ4n) is 2.21. The Hall–Kier alpha value is -2.17. The summed E-state index contributed by atoms with van der Waals surface area (Å²) in [7, 11) is 0. The largest absolute Gasteiger partial charge is 0.106 e. The Labute approximate surface area is 102 Å². The lowest BCUT2D eigenvalue weighted by Crippen LogP contribution is -1.91. The molecule has 0 nitrogen and oxygen atoms in total. The van der Waals surface area contributed by atoms with Crippen LogP contribution >= 0.6 is 0 Å². The molecule has 0 N–H and O–H groups in total. The van der Waals surface area contributed by atoms with Crippen molar-refractivity contribution in [2.45, 2.75) is 6.42 Å². The van der Waals surface area contributed by atoms with Gasteiger partial charge in [0.1, 0.15) is 12.2 Å². The summed E-state index contributed by atoms with van der Waals surface area (Å²) in [5.41, 5.74) is 2.69. The Morgan fingerprint density at radius 3 is 2.71 bits per heavy atom. The van der Waals surface area contributed by atoms with E-state index in [1.165, 1.54) is 21.9 Å². The number of rotatable bonds is 2. The third-order valence-corrected chi connectivity index (χ3v) is 3.05. The van der Waals surface area contributed by atoms with Crippen LogP contribution in [0.15, 0.2) is 72.3 Å². The minimum atomic E-state index is 0.971. The summed E-state index contributed by atoms with van der Waals surface area (Å²) in [6.07, 6.45) is 12.3. The van der Waals surface area contributed by atoms with Gasteiger partial charge in [-0.2, -0.15) is 0 Å². The number of fused-ring (bicyclic) bond motifs is 1. The van der Waals surface area contributed by atoms with Crippen molar-refractivity contribution >= 4 is 10.8 Å². The van der Waals surface area contributed by atoms with Crippen LogP contribution in [0.1, 0.15) is 5.56 Å². The molecule has 80 valence electrons. The molecule has 0 spiro atoms. The first-order chi connectivity index (χ1) is 8.43. The summed E-state index contributed by atoms with van der Waals surface area (Å²) in [4.78, 5) is 0. The number of hydrogen-bond acceptors (Lipinski definition) is 0. The molecule has 0 bridgehead atoms. The minimum absolute atomic E-state index is 0.971. The smallest absolute Gasteiger partial charge is 0.0616 e. The monoisotopic (exact) mass is 217 g/mol. The lowest BCUT2D eigenvalue weighted by atomic mass is 9.97. The zero-order valence-corrected chi connectivity index (χ0v) is 9.56. The van der Waals surface area contributed by atoms with Crippen molar-refractivity contribution in [1.29, 1.82) is 0 Å². The zero-order chi connectivity index (χ0) is 11.5. The third kappa shape index (κ3) is 2.04. The van der Waals surface area contributed by atoms with Gasteiger partial charge in [0.25, 0.3) is 0 Å². The van der Waals surface area contributed by atoms with Crippen molar-refractivity contribution in [1.82, 2.24) is 0 Å². The molecule has 17 heavy (non-hydrogen) atoms. The van der Waals surface area contributed by atoms with E-state index in [9.17, 15) is 0 Å². The first-order valence-corrected chi connectivity index (χ1v) is 5.85. The van der Waals surface area contributed by atoms with Crippen LogP contribution in [0.2, 0.25) is 0 Å². The van der Waals surface area contributed by atoms with Crippen LogP contribution in [0.4, 0.5) is 0 Å². The maximum absolute atomic E-state index is 3.13. The summed E-state index contributed by atoms with van der Waals surface area (Å²) in [6.45, 7) is 0. The van der Waals surface area contributed by atoms with Crippen molar-refractivity contribution < 1.29 is 0 Å². The molecular formula is C17H13+. The molecule has 3 rings (SSSR count). The van der Waals surface area contributed by atoms with Crippen molar-refractivity contribution in [3.05, 3.63) is 84.0 Å². The highest BCUT2D eigenvalue weighted by molar-refractivity contribution is 5.86. The predicted molar refractivity (Wildman–Crippen MR) is 72.7 cm³/mol. The van der Waals surface area contributed by atoms with Gasteiger partial charge in [-0.1, -0.05) is 42.5 Å². The van der Waals surface area contributed by atoms with Crippen LogP contribution in [0.3, 0.4) is 0 Å². The molecule has 2 aromatic carbocycles. The molecule has 0 fully saturated rings. The standard InChI is InChI=1S/C17H13/c1-2-7-14(8-3-1)13-16-11-6-10-15-9-4-5-12-17(15)16/h1-2,4-12H,13H2/q+1. The van der Waals surface area contributed by atoms with Crippen molar-refractivity contribution in [3.63, 3.8) is 0 Å². The van der Waals surface area contributed by atoms with Crippen molar-refractivity contribution in [2.24, 2.45) is 0 Å². The van der Waals surface area contributed by atoms with E-state index in [0.717, 1.165) is 6.42 Å². The van der Waals surface area contributed by atoms with Gasteiger partial charge < -0.3 is 0 Å². The van der Waals surface area contributed by atoms with Gasteiger partial charge in [-0.15, -0.1) is 0 Å². The Kier molecular flexibility index (Phi) is 2.57. The van der Waals surface area contributed by atoms with E-state index in [1.54, 1.807) is 0 Å². The summed E-state index contributed by atoms with van der Waals surface area (Å²) < 4.78 is 0. The van der Waals surface area contributed by atoms with Gasteiger partial charge in [-0.25, -0.2) is 0 Å². The van der Waals surface area contributed by atoms with E-state index in [0.29, 0.717) is 0 Å². The molecule has 0 saturated heterocycles. The Morgan fingerprint density at radius 1 is 0.941 bits per heavy atom. The molecule has 0 atom stereocenters. The molecule has 0 amide bonds. The molecule has 2 aromatic rings. The van der Waals surface area contributed by atoms with E-state index < -0.39 is 0 Å². The Balaban J connectivity index is 2.03. The maximum atomic E-state index is 3.13. The van der Waals surface area contributed by atoms with Gasteiger partial charge in [-0.3, -0.25) is 0 Å². The second kappa shape index (κ2) is 4.37. The summed E-state index contributed by atoms with van der Waals surface area (Å²) in [5.74, 6) is 0. The van der Waals surface area contributed by atoms with Gasteiger partial charge in [0.2, 0.25) is 0 Å². The minimum Gasteiger partial charge on any atom is -0.0616 e. The van der Waals surface area contributed by atoms with E-state index in [4.69, 9.17) is 0 Å². The summed E-state index contributed by atoms with van der Waals surface area (Å²) in [5, 5.41) is 2.66. The third-order valence-electron chi connectivity index (χ3n) is 3.05. The molecule has 1 aliphatic carbocycles.